The van der Waals surface area contributed by atoms with Crippen molar-refractivity contribution in [2.24, 2.45) is 0 Å². The molecule has 8 nitrogen and oxygen atoms in total. The summed E-state index contributed by atoms with van der Waals surface area (Å²) < 4.78 is 4.84. The molecular formula is C8H16N2O6. The molecule has 1 rings (SSSR count). The molecule has 0 spiro atoms. The molecule has 1 heterocycles. The van der Waals surface area contributed by atoms with Crippen molar-refractivity contribution >= 4 is 5.91 Å². The Kier molecular flexibility index (Phi) is 4.59. The standard InChI is InChI=1S/C8H16N2O6/c1-3(12)9-10-5-7(14)6(13)4(2-11)16-8(5)15/h4-8,10-11,13-15H,2H2,1H3,(H,9,12)/t4-,5-,6+,7-,8?/m1/s1. The number of hydrazine groups is 1. The lowest BCUT2D eigenvalue weighted by molar-refractivity contribution is -0.255. The minimum atomic E-state index is -1.44. The summed E-state index contributed by atoms with van der Waals surface area (Å²) in [6.07, 6.45) is -5.21. The third-order valence-corrected chi connectivity index (χ3v) is 2.32. The largest absolute Gasteiger partial charge is 0.394 e. The first-order valence-electron chi connectivity index (χ1n) is 4.80. The van der Waals surface area contributed by atoms with Crippen LogP contribution in [0.15, 0.2) is 0 Å². The highest BCUT2D eigenvalue weighted by atomic mass is 16.6. The van der Waals surface area contributed by atoms with E-state index in [2.05, 4.69) is 10.9 Å². The van der Waals surface area contributed by atoms with Crippen LogP contribution >= 0.6 is 0 Å². The number of hydrogen-bond acceptors (Lipinski definition) is 7. The molecule has 1 unspecified atom stereocenters. The maximum atomic E-state index is 10.6. The van der Waals surface area contributed by atoms with Gasteiger partial charge in [0.05, 0.1) is 6.61 Å². The van der Waals surface area contributed by atoms with Crippen LogP contribution in [0.5, 0.6) is 0 Å². The average molecular weight is 236 g/mol. The van der Waals surface area contributed by atoms with E-state index >= 15 is 0 Å². The number of ether oxygens (including phenoxy) is 1. The lowest BCUT2D eigenvalue weighted by atomic mass is 9.98. The first-order valence-corrected chi connectivity index (χ1v) is 4.80. The smallest absolute Gasteiger partial charge is 0.230 e. The third-order valence-electron chi connectivity index (χ3n) is 2.32. The van der Waals surface area contributed by atoms with Gasteiger partial charge in [0.1, 0.15) is 24.4 Å². The highest BCUT2D eigenvalue weighted by molar-refractivity contribution is 5.72. The molecular weight excluding hydrogens is 220 g/mol. The molecule has 1 aliphatic heterocycles. The molecule has 6 N–H and O–H groups in total. The van der Waals surface area contributed by atoms with Gasteiger partial charge in [-0.1, -0.05) is 0 Å². The molecule has 8 heteroatoms. The number of carbonyl (C=O) groups excluding carboxylic acids is 1. The van der Waals surface area contributed by atoms with Crippen LogP contribution in [-0.4, -0.2) is 63.6 Å². The third kappa shape index (κ3) is 2.88. The van der Waals surface area contributed by atoms with Crippen molar-refractivity contribution in [1.29, 1.82) is 0 Å². The molecule has 0 aromatic carbocycles. The number of amides is 1. The predicted octanol–water partition coefficient (Wildman–Crippen LogP) is -3.57. The van der Waals surface area contributed by atoms with Crippen molar-refractivity contribution in [3.8, 4) is 0 Å². The molecule has 1 aliphatic rings. The maximum absolute atomic E-state index is 10.6. The Balaban J connectivity index is 2.60. The quantitative estimate of drug-likeness (QED) is 0.279. The predicted molar refractivity (Wildman–Crippen MR) is 50.7 cm³/mol. The van der Waals surface area contributed by atoms with E-state index in [9.17, 15) is 20.1 Å². The van der Waals surface area contributed by atoms with Crippen molar-refractivity contribution in [3.63, 3.8) is 0 Å². The van der Waals surface area contributed by atoms with E-state index < -0.39 is 43.2 Å². The molecule has 0 aromatic heterocycles. The van der Waals surface area contributed by atoms with Gasteiger partial charge in [-0.05, 0) is 0 Å². The molecule has 0 bridgehead atoms. The second-order valence-corrected chi connectivity index (χ2v) is 3.58. The normalized spacial score (nSPS) is 39.4. The fourth-order valence-corrected chi connectivity index (χ4v) is 1.44. The van der Waals surface area contributed by atoms with Gasteiger partial charge in [-0.15, -0.1) is 0 Å². The average Bonchev–Trinajstić information content (AvgIpc) is 2.22. The van der Waals surface area contributed by atoms with E-state index in [1.165, 1.54) is 6.92 Å². The summed E-state index contributed by atoms with van der Waals surface area (Å²) in [6.45, 7) is 0.713. The van der Waals surface area contributed by atoms with E-state index in [4.69, 9.17) is 9.84 Å². The number of nitrogens with one attached hydrogen (secondary N) is 2. The molecule has 0 aromatic rings. The van der Waals surface area contributed by atoms with E-state index in [0.29, 0.717) is 0 Å². The Labute approximate surface area is 91.8 Å². The zero-order valence-corrected chi connectivity index (χ0v) is 8.70. The SMILES string of the molecule is CC(=O)NN[C@H]1C(O)O[C@H](CO)[C@H](O)[C@@H]1O. The molecule has 0 saturated carbocycles. The van der Waals surface area contributed by atoms with Gasteiger partial charge in [0.25, 0.3) is 0 Å². The van der Waals surface area contributed by atoms with Crippen LogP contribution in [0.25, 0.3) is 0 Å². The van der Waals surface area contributed by atoms with Crippen LogP contribution in [0.2, 0.25) is 0 Å². The number of aliphatic hydroxyl groups excluding tert-OH is 4. The van der Waals surface area contributed by atoms with Crippen LogP contribution in [0.4, 0.5) is 0 Å². The molecule has 0 aliphatic carbocycles. The van der Waals surface area contributed by atoms with Crippen LogP contribution in [0, 0.1) is 0 Å². The molecule has 16 heavy (non-hydrogen) atoms. The first kappa shape index (κ1) is 13.3. The second-order valence-electron chi connectivity index (χ2n) is 3.58. The molecule has 5 atom stereocenters. The topological polar surface area (TPSA) is 131 Å². The lowest BCUT2D eigenvalue weighted by Gasteiger charge is -2.40. The minimum Gasteiger partial charge on any atom is -0.394 e. The summed E-state index contributed by atoms with van der Waals surface area (Å²) in [5, 5.41) is 37.4. The van der Waals surface area contributed by atoms with E-state index in [1.54, 1.807) is 0 Å². The van der Waals surface area contributed by atoms with Crippen LogP contribution in [0.1, 0.15) is 6.92 Å². The number of aliphatic hydroxyl groups is 4. The highest BCUT2D eigenvalue weighted by Gasteiger charge is 2.43. The Hall–Kier alpha value is -0.770. The zero-order valence-electron chi connectivity index (χ0n) is 8.70. The van der Waals surface area contributed by atoms with E-state index in [0.717, 1.165) is 0 Å². The number of carbonyl (C=O) groups is 1. The summed E-state index contributed by atoms with van der Waals surface area (Å²) in [5.41, 5.74) is 4.50. The van der Waals surface area contributed by atoms with Gasteiger partial charge in [0.15, 0.2) is 6.29 Å². The fourth-order valence-electron chi connectivity index (χ4n) is 1.44. The Bertz CT molecular complexity index is 251. The van der Waals surface area contributed by atoms with Crippen molar-refractivity contribution in [1.82, 2.24) is 10.9 Å². The summed E-state index contributed by atoms with van der Waals surface area (Å²) in [7, 11) is 0. The number of hydrogen-bond donors (Lipinski definition) is 6. The fraction of sp³-hybridized carbons (Fsp3) is 0.875. The van der Waals surface area contributed by atoms with Gasteiger partial charge >= 0.3 is 0 Å². The van der Waals surface area contributed by atoms with Crippen LogP contribution in [-0.2, 0) is 9.53 Å². The molecule has 0 radical (unpaired) electrons. The molecule has 94 valence electrons. The summed E-state index contributed by atoms with van der Waals surface area (Å²) >= 11 is 0. The zero-order chi connectivity index (χ0) is 12.3. The molecule has 1 saturated heterocycles. The Morgan fingerprint density at radius 3 is 2.44 bits per heavy atom. The summed E-state index contributed by atoms with van der Waals surface area (Å²) in [4.78, 5) is 10.6. The molecule has 1 amide bonds. The monoisotopic (exact) mass is 236 g/mol. The highest BCUT2D eigenvalue weighted by Crippen LogP contribution is 2.19. The number of rotatable bonds is 3. The first-order chi connectivity index (χ1) is 7.47. The minimum absolute atomic E-state index is 0.418. The Morgan fingerprint density at radius 2 is 1.94 bits per heavy atom. The van der Waals surface area contributed by atoms with Crippen LogP contribution < -0.4 is 10.9 Å². The van der Waals surface area contributed by atoms with Crippen molar-refractivity contribution in [3.05, 3.63) is 0 Å². The summed E-state index contributed by atoms with van der Waals surface area (Å²) in [6, 6.07) is -1.07. The van der Waals surface area contributed by atoms with Gasteiger partial charge in [-0.2, -0.15) is 0 Å². The van der Waals surface area contributed by atoms with Gasteiger partial charge < -0.3 is 25.2 Å². The van der Waals surface area contributed by atoms with E-state index in [1.807, 2.05) is 0 Å². The van der Waals surface area contributed by atoms with Gasteiger partial charge in [-0.3, -0.25) is 10.2 Å². The van der Waals surface area contributed by atoms with Gasteiger partial charge in [-0.25, -0.2) is 5.43 Å². The molecule has 1 fully saturated rings. The van der Waals surface area contributed by atoms with E-state index in [-0.39, 0.29) is 0 Å². The van der Waals surface area contributed by atoms with Crippen molar-refractivity contribution < 1.29 is 30.0 Å². The van der Waals surface area contributed by atoms with Gasteiger partial charge in [0, 0.05) is 6.92 Å². The second kappa shape index (κ2) is 5.53. The van der Waals surface area contributed by atoms with Crippen molar-refractivity contribution in [2.45, 2.75) is 37.6 Å². The van der Waals surface area contributed by atoms with Crippen LogP contribution in [0.3, 0.4) is 0 Å². The lowest BCUT2D eigenvalue weighted by Crippen LogP contribution is -2.65. The maximum Gasteiger partial charge on any atom is 0.230 e. The van der Waals surface area contributed by atoms with Crippen molar-refractivity contribution in [2.75, 3.05) is 6.61 Å². The Morgan fingerprint density at radius 1 is 1.31 bits per heavy atom. The van der Waals surface area contributed by atoms with Gasteiger partial charge in [0.2, 0.25) is 5.91 Å². The summed E-state index contributed by atoms with van der Waals surface area (Å²) in [5.74, 6) is -0.418.